The number of amides is 1. The first-order chi connectivity index (χ1) is 9.51. The van der Waals surface area contributed by atoms with E-state index < -0.39 is 30.3 Å². The maximum atomic E-state index is 13.6. The molecule has 1 heterocycles. The lowest BCUT2D eigenvalue weighted by Gasteiger charge is -2.15. The number of carboxylic acid groups (broad SMARTS) is 1. The van der Waals surface area contributed by atoms with E-state index in [0.717, 1.165) is 11.0 Å². The van der Waals surface area contributed by atoms with Gasteiger partial charge in [-0.3, -0.25) is 9.59 Å². The van der Waals surface area contributed by atoms with Gasteiger partial charge in [-0.2, -0.15) is 5.26 Å². The van der Waals surface area contributed by atoms with Crippen LogP contribution in [0.5, 0.6) is 5.75 Å². The minimum Gasteiger partial charge on any atom is -0.480 e. The Morgan fingerprint density at radius 3 is 2.95 bits per heavy atom. The summed E-state index contributed by atoms with van der Waals surface area (Å²) in [5.41, 5.74) is 0.153. The molecule has 1 aromatic carbocycles. The van der Waals surface area contributed by atoms with E-state index in [9.17, 15) is 14.0 Å². The first-order valence-corrected chi connectivity index (χ1v) is 5.88. The van der Waals surface area contributed by atoms with E-state index in [1.807, 2.05) is 0 Å². The topological polar surface area (TPSA) is 90.6 Å². The number of aliphatic carboxylic acids is 1. The molecule has 7 heteroatoms. The Hall–Kier alpha value is -2.62. The van der Waals surface area contributed by atoms with Gasteiger partial charge in [0.1, 0.15) is 6.54 Å². The second-order valence-electron chi connectivity index (χ2n) is 4.31. The van der Waals surface area contributed by atoms with E-state index in [1.165, 1.54) is 12.1 Å². The first-order valence-electron chi connectivity index (χ1n) is 5.88. The maximum absolute atomic E-state index is 13.6. The van der Waals surface area contributed by atoms with Gasteiger partial charge in [0.05, 0.1) is 11.6 Å². The minimum atomic E-state index is -1.11. The molecule has 1 fully saturated rings. The highest BCUT2D eigenvalue weighted by molar-refractivity contribution is 5.86. The summed E-state index contributed by atoms with van der Waals surface area (Å²) in [5.74, 6) is -2.44. The number of hydrogen-bond acceptors (Lipinski definition) is 4. The van der Waals surface area contributed by atoms with Gasteiger partial charge in [0.2, 0.25) is 0 Å². The SMILES string of the molecule is N#Cc1ccc(OC2CCN(CC(=O)O)C2=O)c(F)c1. The van der Waals surface area contributed by atoms with Gasteiger partial charge in [0.15, 0.2) is 17.7 Å². The van der Waals surface area contributed by atoms with Crippen LogP contribution in [-0.2, 0) is 9.59 Å². The van der Waals surface area contributed by atoms with Gasteiger partial charge in [0.25, 0.3) is 5.91 Å². The van der Waals surface area contributed by atoms with Gasteiger partial charge in [-0.25, -0.2) is 4.39 Å². The number of ether oxygens (including phenoxy) is 1. The van der Waals surface area contributed by atoms with Gasteiger partial charge in [0, 0.05) is 13.0 Å². The standard InChI is InChI=1S/C13H11FN2O4/c14-9-5-8(6-15)1-2-10(9)20-11-3-4-16(13(11)19)7-12(17)18/h1-2,5,11H,3-4,7H2,(H,17,18). The van der Waals surface area contributed by atoms with Gasteiger partial charge >= 0.3 is 5.97 Å². The van der Waals surface area contributed by atoms with Crippen LogP contribution in [0.4, 0.5) is 4.39 Å². The number of nitriles is 1. The Balaban J connectivity index is 2.06. The first kappa shape index (κ1) is 13.8. The molecule has 6 nitrogen and oxygen atoms in total. The number of benzene rings is 1. The second kappa shape index (κ2) is 5.57. The largest absolute Gasteiger partial charge is 0.480 e. The average molecular weight is 278 g/mol. The lowest BCUT2D eigenvalue weighted by Crippen LogP contribution is -2.35. The van der Waals surface area contributed by atoms with Crippen LogP contribution >= 0.6 is 0 Å². The van der Waals surface area contributed by atoms with Crippen molar-refractivity contribution in [3.63, 3.8) is 0 Å². The van der Waals surface area contributed by atoms with Crippen LogP contribution in [0, 0.1) is 17.1 Å². The molecule has 1 aliphatic heterocycles. The van der Waals surface area contributed by atoms with Crippen LogP contribution < -0.4 is 4.74 Å². The summed E-state index contributed by atoms with van der Waals surface area (Å²) < 4.78 is 18.9. The number of carbonyl (C=O) groups is 2. The molecule has 0 saturated carbocycles. The Morgan fingerprint density at radius 1 is 1.60 bits per heavy atom. The molecule has 20 heavy (non-hydrogen) atoms. The van der Waals surface area contributed by atoms with Crippen molar-refractivity contribution in [2.24, 2.45) is 0 Å². The van der Waals surface area contributed by atoms with Crippen molar-refractivity contribution in [2.75, 3.05) is 13.1 Å². The van der Waals surface area contributed by atoms with Crippen molar-refractivity contribution in [3.05, 3.63) is 29.6 Å². The van der Waals surface area contributed by atoms with E-state index in [-0.39, 0.29) is 17.9 Å². The number of likely N-dealkylation sites (tertiary alicyclic amines) is 1. The summed E-state index contributed by atoms with van der Waals surface area (Å²) in [6.45, 7) is -0.137. The fraction of sp³-hybridized carbons (Fsp3) is 0.308. The van der Waals surface area contributed by atoms with Crippen molar-refractivity contribution in [1.82, 2.24) is 4.90 Å². The lowest BCUT2D eigenvalue weighted by molar-refractivity contribution is -0.144. The Labute approximate surface area is 114 Å². The molecular formula is C13H11FN2O4. The number of nitrogens with zero attached hydrogens (tertiary/aromatic N) is 2. The molecule has 2 rings (SSSR count). The van der Waals surface area contributed by atoms with Crippen LogP contribution in [0.15, 0.2) is 18.2 Å². The van der Waals surface area contributed by atoms with Crippen LogP contribution in [0.25, 0.3) is 0 Å². The normalized spacial score (nSPS) is 17.9. The highest BCUT2D eigenvalue weighted by atomic mass is 19.1. The Bertz CT molecular complexity index is 597. The highest BCUT2D eigenvalue weighted by Crippen LogP contribution is 2.23. The molecule has 1 N–H and O–H groups in total. The summed E-state index contributed by atoms with van der Waals surface area (Å²) in [6.07, 6.45) is -0.595. The quantitative estimate of drug-likeness (QED) is 0.878. The zero-order valence-corrected chi connectivity index (χ0v) is 10.4. The zero-order chi connectivity index (χ0) is 14.7. The molecule has 1 saturated heterocycles. The van der Waals surface area contributed by atoms with Crippen molar-refractivity contribution >= 4 is 11.9 Å². The van der Waals surface area contributed by atoms with Gasteiger partial charge in [-0.1, -0.05) is 0 Å². The predicted molar refractivity (Wildman–Crippen MR) is 64.4 cm³/mol. The predicted octanol–water partition coefficient (Wildman–Crippen LogP) is 0.762. The molecule has 0 aliphatic carbocycles. The number of hydrogen-bond donors (Lipinski definition) is 1. The number of carboxylic acids is 1. The molecular weight excluding hydrogens is 267 g/mol. The van der Waals surface area contributed by atoms with E-state index in [0.29, 0.717) is 6.42 Å². The molecule has 0 bridgehead atoms. The summed E-state index contributed by atoms with van der Waals surface area (Å²) in [7, 11) is 0. The smallest absolute Gasteiger partial charge is 0.323 e. The summed E-state index contributed by atoms with van der Waals surface area (Å²) in [4.78, 5) is 23.6. The average Bonchev–Trinajstić information content (AvgIpc) is 2.73. The molecule has 104 valence electrons. The van der Waals surface area contributed by atoms with Crippen molar-refractivity contribution in [1.29, 1.82) is 5.26 Å². The fourth-order valence-electron chi connectivity index (χ4n) is 1.96. The molecule has 0 aromatic heterocycles. The zero-order valence-electron chi connectivity index (χ0n) is 10.4. The van der Waals surface area contributed by atoms with E-state index >= 15 is 0 Å². The van der Waals surface area contributed by atoms with Gasteiger partial charge in [-0.15, -0.1) is 0 Å². The molecule has 1 aliphatic rings. The third-order valence-electron chi connectivity index (χ3n) is 2.90. The highest BCUT2D eigenvalue weighted by Gasteiger charge is 2.34. The van der Waals surface area contributed by atoms with Crippen molar-refractivity contribution in [2.45, 2.75) is 12.5 Å². The van der Waals surface area contributed by atoms with E-state index in [1.54, 1.807) is 6.07 Å². The second-order valence-corrected chi connectivity index (χ2v) is 4.31. The summed E-state index contributed by atoms with van der Waals surface area (Å²) in [6, 6.07) is 5.47. The minimum absolute atomic E-state index is 0.125. The number of halogens is 1. The third kappa shape index (κ3) is 2.85. The summed E-state index contributed by atoms with van der Waals surface area (Å²) >= 11 is 0. The number of carbonyl (C=O) groups excluding carboxylic acids is 1. The number of rotatable bonds is 4. The third-order valence-corrected chi connectivity index (χ3v) is 2.90. The molecule has 1 unspecified atom stereocenters. The van der Waals surface area contributed by atoms with Gasteiger partial charge < -0.3 is 14.7 Å². The molecule has 0 radical (unpaired) electrons. The monoisotopic (exact) mass is 278 g/mol. The van der Waals surface area contributed by atoms with Crippen LogP contribution in [0.3, 0.4) is 0 Å². The maximum Gasteiger partial charge on any atom is 0.323 e. The molecule has 1 aromatic rings. The molecule has 1 atom stereocenters. The van der Waals surface area contributed by atoms with Crippen LogP contribution in [0.2, 0.25) is 0 Å². The molecule has 0 spiro atoms. The Morgan fingerprint density at radius 2 is 2.35 bits per heavy atom. The van der Waals surface area contributed by atoms with Crippen LogP contribution in [0.1, 0.15) is 12.0 Å². The van der Waals surface area contributed by atoms with Crippen LogP contribution in [-0.4, -0.2) is 41.1 Å². The van der Waals surface area contributed by atoms with Gasteiger partial charge in [-0.05, 0) is 18.2 Å². The lowest BCUT2D eigenvalue weighted by atomic mass is 10.2. The van der Waals surface area contributed by atoms with Crippen molar-refractivity contribution in [3.8, 4) is 11.8 Å². The van der Waals surface area contributed by atoms with Crippen molar-refractivity contribution < 1.29 is 23.8 Å². The summed E-state index contributed by atoms with van der Waals surface area (Å²) in [5, 5.41) is 17.3. The fourth-order valence-corrected chi connectivity index (χ4v) is 1.96. The Kier molecular flexibility index (Phi) is 3.84. The van der Waals surface area contributed by atoms with E-state index in [4.69, 9.17) is 15.1 Å². The van der Waals surface area contributed by atoms with E-state index in [2.05, 4.69) is 0 Å². The molecule has 1 amide bonds.